The van der Waals surface area contributed by atoms with Crippen molar-refractivity contribution in [3.63, 3.8) is 0 Å². The van der Waals surface area contributed by atoms with Crippen LogP contribution >= 0.6 is 0 Å². The second kappa shape index (κ2) is 12.8. The van der Waals surface area contributed by atoms with E-state index in [-0.39, 0.29) is 24.8 Å². The fraction of sp³-hybridized carbons (Fsp3) is 0.263. The molecule has 1 fully saturated rings. The van der Waals surface area contributed by atoms with E-state index in [0.717, 1.165) is 24.3 Å². The first-order chi connectivity index (χ1) is 20.1. The second-order valence-corrected chi connectivity index (χ2v) is 28.4. The number of ether oxygens (including phenoxy) is 2. The molecule has 3 aliphatic rings. The summed E-state index contributed by atoms with van der Waals surface area (Å²) in [5, 5.41) is 0. The predicted octanol–water partition coefficient (Wildman–Crippen LogP) is 4.45. The third-order valence-corrected chi connectivity index (χ3v) is 29.0. The van der Waals surface area contributed by atoms with Gasteiger partial charge in [-0.05, 0) is 0 Å². The number of hydrogen-bond acceptors (Lipinski definition) is 2. The van der Waals surface area contributed by atoms with E-state index < -0.39 is 20.0 Å². The molecule has 0 N–H and O–H groups in total. The van der Waals surface area contributed by atoms with Crippen molar-refractivity contribution in [3.8, 4) is 33.8 Å². The summed E-state index contributed by atoms with van der Waals surface area (Å²) in [7, 11) is 3.47. The van der Waals surface area contributed by atoms with Gasteiger partial charge in [-0.25, -0.2) is 0 Å². The first-order valence-electron chi connectivity index (χ1n) is 15.1. The van der Waals surface area contributed by atoms with E-state index in [9.17, 15) is 0 Å². The minimum absolute atomic E-state index is 0. The summed E-state index contributed by atoms with van der Waals surface area (Å²) in [6.45, 7) is 4.76. The molecule has 0 bridgehead atoms. The molecule has 1 heterocycles. The van der Waals surface area contributed by atoms with Gasteiger partial charge >= 0.3 is 250 Å². The molecular formula is C38H38Cl2HfO2. The number of rotatable bonds is 8. The largest absolute Gasteiger partial charge is 1.00 e. The summed E-state index contributed by atoms with van der Waals surface area (Å²) in [5.74, 6) is 1.82. The summed E-state index contributed by atoms with van der Waals surface area (Å²) in [5.41, 5.74) is 14.8. The molecule has 2 atom stereocenters. The van der Waals surface area contributed by atoms with Gasteiger partial charge < -0.3 is 24.8 Å². The molecule has 220 valence electrons. The Hall–Kier alpha value is -2.59. The maximum Gasteiger partial charge on any atom is -1.00 e. The van der Waals surface area contributed by atoms with E-state index in [1.807, 2.05) is 0 Å². The van der Waals surface area contributed by atoms with Gasteiger partial charge in [-0.3, -0.25) is 0 Å². The molecule has 2 unspecified atom stereocenters. The van der Waals surface area contributed by atoms with Crippen LogP contribution in [0.25, 0.3) is 34.4 Å². The van der Waals surface area contributed by atoms with Crippen LogP contribution in [0.1, 0.15) is 56.3 Å². The van der Waals surface area contributed by atoms with Crippen LogP contribution in [0.15, 0.2) is 96.1 Å². The summed E-state index contributed by atoms with van der Waals surface area (Å²) in [4.78, 5) is 0. The topological polar surface area (TPSA) is 18.5 Å². The van der Waals surface area contributed by atoms with Gasteiger partial charge in [0.25, 0.3) is 0 Å². The monoisotopic (exact) mass is 776 g/mol. The maximum absolute atomic E-state index is 5.44. The Bertz CT molecular complexity index is 1560. The van der Waals surface area contributed by atoms with E-state index in [4.69, 9.17) is 9.47 Å². The van der Waals surface area contributed by atoms with Crippen LogP contribution in [0.4, 0.5) is 0 Å². The second-order valence-electron chi connectivity index (χ2n) is 11.8. The molecule has 2 aliphatic carbocycles. The van der Waals surface area contributed by atoms with E-state index in [1.54, 1.807) is 36.5 Å². The van der Waals surface area contributed by atoms with E-state index in [2.05, 4.69) is 111 Å². The fourth-order valence-electron chi connectivity index (χ4n) is 7.83. The van der Waals surface area contributed by atoms with Crippen LogP contribution in [0.3, 0.4) is 0 Å². The molecular weight excluding hydrogens is 738 g/mol. The molecule has 0 spiro atoms. The average Bonchev–Trinajstić information content (AvgIpc) is 3.56. The zero-order valence-electron chi connectivity index (χ0n) is 25.3. The van der Waals surface area contributed by atoms with Gasteiger partial charge in [-0.2, -0.15) is 0 Å². The minimum Gasteiger partial charge on any atom is -1.00 e. The Morgan fingerprint density at radius 3 is 1.30 bits per heavy atom. The smallest absolute Gasteiger partial charge is 1.00 e. The minimum atomic E-state index is -2.88. The standard InChI is InChI=1S/2C18H17O.C2H4.2ClH.Hf/c2*1-3-13-11-15-5-4-6-17(18(15)12-13)14-7-9-16(19-2)10-8-14;1-2;;;/h2*4-12H,3H2,1-2H3;1-2H2;2*1H;/q;;;;;+2/p-2. The van der Waals surface area contributed by atoms with Crippen molar-refractivity contribution >= 4 is 12.2 Å². The van der Waals surface area contributed by atoms with Crippen LogP contribution in [-0.2, 0) is 20.0 Å². The SMILES string of the molecule is CCC1=Cc2c(-c3ccc(OC)cc3)cccc2[CH]1[Hf+2]1([CH]2C(CC)=Cc3c(-c4ccc(OC)cc4)cccc32)[CH2][CH2]1.[Cl-].[Cl-]. The van der Waals surface area contributed by atoms with E-state index in [1.165, 1.54) is 41.7 Å². The molecule has 0 amide bonds. The van der Waals surface area contributed by atoms with E-state index >= 15 is 0 Å². The number of benzene rings is 4. The summed E-state index contributed by atoms with van der Waals surface area (Å²) in [6.07, 6.45) is 7.44. The quantitative estimate of drug-likeness (QED) is 0.247. The molecule has 7 rings (SSSR count). The third-order valence-electron chi connectivity index (χ3n) is 9.90. The number of fused-ring (bicyclic) bond motifs is 2. The van der Waals surface area contributed by atoms with Gasteiger partial charge in [0.05, 0.1) is 0 Å². The third kappa shape index (κ3) is 5.26. The normalized spacial score (nSPS) is 18.0. The Morgan fingerprint density at radius 2 is 0.977 bits per heavy atom. The summed E-state index contributed by atoms with van der Waals surface area (Å²) < 4.78 is 15.2. The average molecular weight is 776 g/mol. The van der Waals surface area contributed by atoms with Crippen LogP contribution in [-0.4, -0.2) is 14.2 Å². The molecule has 4 aromatic rings. The Balaban J connectivity index is 0.00000184. The first kappa shape index (κ1) is 31.8. The van der Waals surface area contributed by atoms with Crippen molar-refractivity contribution in [2.24, 2.45) is 0 Å². The predicted molar refractivity (Wildman–Crippen MR) is 168 cm³/mol. The number of allylic oxidation sites excluding steroid dienone is 2. The van der Waals surface area contributed by atoms with Crippen molar-refractivity contribution < 1.29 is 54.3 Å². The van der Waals surface area contributed by atoms with Gasteiger partial charge in [0.1, 0.15) is 0 Å². The van der Waals surface area contributed by atoms with Crippen LogP contribution in [0.5, 0.6) is 11.5 Å². The van der Waals surface area contributed by atoms with Crippen LogP contribution in [0.2, 0.25) is 8.35 Å². The number of hydrogen-bond donors (Lipinski definition) is 0. The van der Waals surface area contributed by atoms with Crippen molar-refractivity contribution in [1.82, 2.24) is 0 Å². The van der Waals surface area contributed by atoms with E-state index in [0.29, 0.717) is 7.35 Å². The van der Waals surface area contributed by atoms with Crippen molar-refractivity contribution in [1.29, 1.82) is 0 Å². The molecule has 5 heteroatoms. The zero-order valence-corrected chi connectivity index (χ0v) is 30.4. The van der Waals surface area contributed by atoms with Crippen LogP contribution in [0, 0.1) is 0 Å². The molecule has 0 radical (unpaired) electrons. The summed E-state index contributed by atoms with van der Waals surface area (Å²) in [6, 6.07) is 31.4. The summed E-state index contributed by atoms with van der Waals surface area (Å²) >= 11 is -2.88. The molecule has 1 saturated heterocycles. The van der Waals surface area contributed by atoms with Gasteiger partial charge in [0, 0.05) is 0 Å². The molecule has 0 aromatic heterocycles. The van der Waals surface area contributed by atoms with Gasteiger partial charge in [0.2, 0.25) is 0 Å². The zero-order chi connectivity index (χ0) is 28.1. The molecule has 1 aliphatic heterocycles. The van der Waals surface area contributed by atoms with Crippen LogP contribution < -0.4 is 34.3 Å². The number of halogens is 2. The Kier molecular flexibility index (Phi) is 9.47. The van der Waals surface area contributed by atoms with Gasteiger partial charge in [-0.1, -0.05) is 0 Å². The van der Waals surface area contributed by atoms with Crippen molar-refractivity contribution in [3.05, 3.63) is 118 Å². The van der Waals surface area contributed by atoms with Gasteiger partial charge in [-0.15, -0.1) is 0 Å². The fourth-order valence-corrected chi connectivity index (χ4v) is 36.3. The molecule has 4 aromatic carbocycles. The molecule has 0 saturated carbocycles. The first-order valence-corrected chi connectivity index (χ1v) is 24.3. The van der Waals surface area contributed by atoms with Gasteiger partial charge in [0.15, 0.2) is 0 Å². The Morgan fingerprint density at radius 1 is 0.581 bits per heavy atom. The molecule has 2 nitrogen and oxygen atoms in total. The number of methoxy groups -OCH3 is 2. The van der Waals surface area contributed by atoms with Crippen molar-refractivity contribution in [2.75, 3.05) is 14.2 Å². The Labute approximate surface area is 273 Å². The molecule has 43 heavy (non-hydrogen) atoms. The van der Waals surface area contributed by atoms with Crippen molar-refractivity contribution in [2.45, 2.75) is 42.4 Å². The maximum atomic E-state index is 5.44.